The number of likely N-dealkylation sites (N-methyl/N-ethyl adjacent to an activating group) is 1. The van der Waals surface area contributed by atoms with E-state index in [-0.39, 0.29) is 17.9 Å². The molecule has 6 nitrogen and oxygen atoms in total. The van der Waals surface area contributed by atoms with Crippen LogP contribution in [0.5, 0.6) is 0 Å². The fraction of sp³-hybridized carbons (Fsp3) is 0.348. The second-order valence-electron chi connectivity index (χ2n) is 7.46. The third-order valence-electron chi connectivity index (χ3n) is 5.44. The summed E-state index contributed by atoms with van der Waals surface area (Å²) in [6.45, 7) is 3.67. The number of fused-ring (bicyclic) bond motifs is 1. The van der Waals surface area contributed by atoms with Crippen molar-refractivity contribution in [3.63, 3.8) is 0 Å². The van der Waals surface area contributed by atoms with Crippen molar-refractivity contribution in [2.45, 2.75) is 19.4 Å². The molecule has 3 heterocycles. The number of pyridine rings is 1. The van der Waals surface area contributed by atoms with Gasteiger partial charge in [0.05, 0.1) is 18.0 Å². The normalized spacial score (nSPS) is 16.6. The fourth-order valence-corrected chi connectivity index (χ4v) is 5.01. The number of hydrogen-bond acceptors (Lipinski definition) is 5. The molecule has 1 atom stereocenters. The lowest BCUT2D eigenvalue weighted by atomic mass is 10.0. The second kappa shape index (κ2) is 8.93. The lowest BCUT2D eigenvalue weighted by Gasteiger charge is -2.33. The minimum Gasteiger partial charge on any atom is -0.370 e. The van der Waals surface area contributed by atoms with Gasteiger partial charge >= 0.3 is 0 Å². The smallest absolute Gasteiger partial charge is 0.264 e. The van der Waals surface area contributed by atoms with Gasteiger partial charge in [-0.05, 0) is 23.6 Å². The van der Waals surface area contributed by atoms with Gasteiger partial charge in [-0.25, -0.2) is 0 Å². The number of ether oxygens (including phenoxy) is 1. The molecular weight excluding hydrogens is 398 g/mol. The third-order valence-corrected chi connectivity index (χ3v) is 6.61. The summed E-state index contributed by atoms with van der Waals surface area (Å²) in [5, 5.41) is 1.03. The molecule has 156 valence electrons. The summed E-state index contributed by atoms with van der Waals surface area (Å²) >= 11 is 1.49. The van der Waals surface area contributed by atoms with Crippen molar-refractivity contribution in [2.75, 3.05) is 33.3 Å². The Labute approximate surface area is 180 Å². The Morgan fingerprint density at radius 3 is 2.80 bits per heavy atom. The highest BCUT2D eigenvalue weighted by molar-refractivity contribution is 7.21. The SMILES string of the molecule is CC(=O)N1CCOC(c2c(C(=O)N(C)CCc3ccccn3)sc3ccccc23)C1. The molecule has 1 unspecified atom stereocenters. The maximum Gasteiger partial charge on any atom is 0.264 e. The molecule has 30 heavy (non-hydrogen) atoms. The molecule has 0 radical (unpaired) electrons. The number of benzene rings is 1. The molecule has 1 aliphatic rings. The van der Waals surface area contributed by atoms with Gasteiger partial charge in [0.15, 0.2) is 0 Å². The van der Waals surface area contributed by atoms with Crippen LogP contribution in [-0.4, -0.2) is 59.9 Å². The topological polar surface area (TPSA) is 62.7 Å². The molecule has 0 saturated carbocycles. The van der Waals surface area contributed by atoms with Gasteiger partial charge in [-0.15, -0.1) is 11.3 Å². The quantitative estimate of drug-likeness (QED) is 0.630. The molecule has 1 aliphatic heterocycles. The molecule has 3 aromatic rings. The molecular formula is C23H25N3O3S. The Hall–Kier alpha value is -2.77. The summed E-state index contributed by atoms with van der Waals surface area (Å²) in [6, 6.07) is 13.8. The molecule has 4 rings (SSSR count). The zero-order valence-electron chi connectivity index (χ0n) is 17.2. The number of amides is 2. The van der Waals surface area contributed by atoms with Crippen LogP contribution < -0.4 is 0 Å². The van der Waals surface area contributed by atoms with E-state index in [1.54, 1.807) is 22.9 Å². The number of carbonyl (C=O) groups excluding carboxylic acids is 2. The number of thiophene rings is 1. The van der Waals surface area contributed by atoms with Crippen molar-refractivity contribution in [2.24, 2.45) is 0 Å². The number of carbonyl (C=O) groups is 2. The second-order valence-corrected chi connectivity index (χ2v) is 8.52. The van der Waals surface area contributed by atoms with E-state index < -0.39 is 0 Å². The standard InChI is InChI=1S/C23H25N3O3S/c1-16(27)26-13-14-29-19(15-26)21-18-8-3-4-9-20(18)30-22(21)23(28)25(2)12-10-17-7-5-6-11-24-17/h3-9,11,19H,10,12-15H2,1-2H3. The first-order valence-electron chi connectivity index (χ1n) is 10.1. The predicted octanol–water partition coefficient (Wildman–Crippen LogP) is 3.53. The number of nitrogens with zero attached hydrogens (tertiary/aromatic N) is 3. The fourth-order valence-electron chi connectivity index (χ4n) is 3.76. The molecule has 0 bridgehead atoms. The average Bonchev–Trinajstić information content (AvgIpc) is 3.17. The van der Waals surface area contributed by atoms with Crippen LogP contribution in [0.25, 0.3) is 10.1 Å². The highest BCUT2D eigenvalue weighted by atomic mass is 32.1. The summed E-state index contributed by atoms with van der Waals surface area (Å²) in [7, 11) is 1.82. The van der Waals surface area contributed by atoms with E-state index in [9.17, 15) is 9.59 Å². The van der Waals surface area contributed by atoms with Crippen molar-refractivity contribution in [3.8, 4) is 0 Å². The van der Waals surface area contributed by atoms with Crippen LogP contribution in [-0.2, 0) is 16.0 Å². The Kier molecular flexibility index (Phi) is 6.11. The van der Waals surface area contributed by atoms with Gasteiger partial charge in [-0.1, -0.05) is 24.3 Å². The molecule has 2 aromatic heterocycles. The summed E-state index contributed by atoms with van der Waals surface area (Å²) in [5.74, 6) is 0.00821. The molecule has 7 heteroatoms. The van der Waals surface area contributed by atoms with Crippen LogP contribution in [0, 0.1) is 0 Å². The third kappa shape index (κ3) is 4.22. The molecule has 0 spiro atoms. The van der Waals surface area contributed by atoms with Gasteiger partial charge in [0.25, 0.3) is 5.91 Å². The Bertz CT molecular complexity index is 1050. The average molecular weight is 424 g/mol. The van der Waals surface area contributed by atoms with E-state index >= 15 is 0 Å². The van der Waals surface area contributed by atoms with Crippen molar-refractivity contribution in [1.29, 1.82) is 0 Å². The molecule has 1 fully saturated rings. The summed E-state index contributed by atoms with van der Waals surface area (Å²) in [5.41, 5.74) is 1.86. The first-order valence-corrected chi connectivity index (χ1v) is 10.9. The van der Waals surface area contributed by atoms with E-state index in [1.165, 1.54) is 11.3 Å². The number of rotatable bonds is 5. The zero-order valence-corrected chi connectivity index (χ0v) is 18.0. The lowest BCUT2D eigenvalue weighted by Crippen LogP contribution is -2.41. The minimum atomic E-state index is -0.304. The minimum absolute atomic E-state index is 0.0225. The molecule has 0 aliphatic carbocycles. The largest absolute Gasteiger partial charge is 0.370 e. The van der Waals surface area contributed by atoms with Crippen LogP contribution >= 0.6 is 11.3 Å². The first-order chi connectivity index (χ1) is 14.5. The van der Waals surface area contributed by atoms with Crippen LogP contribution in [0.15, 0.2) is 48.7 Å². The van der Waals surface area contributed by atoms with Crippen molar-refractivity contribution in [3.05, 3.63) is 64.8 Å². The van der Waals surface area contributed by atoms with Gasteiger partial charge in [0.1, 0.15) is 6.10 Å². The maximum atomic E-state index is 13.4. The van der Waals surface area contributed by atoms with Gasteiger partial charge in [-0.3, -0.25) is 14.6 Å². The van der Waals surface area contributed by atoms with E-state index in [2.05, 4.69) is 4.98 Å². The maximum absolute atomic E-state index is 13.4. The molecule has 1 saturated heterocycles. The van der Waals surface area contributed by atoms with E-state index in [1.807, 2.05) is 49.5 Å². The summed E-state index contributed by atoms with van der Waals surface area (Å²) < 4.78 is 7.10. The van der Waals surface area contributed by atoms with Crippen LogP contribution in [0.2, 0.25) is 0 Å². The van der Waals surface area contributed by atoms with Gasteiger partial charge in [-0.2, -0.15) is 0 Å². The summed E-state index contributed by atoms with van der Waals surface area (Å²) in [6.07, 6.45) is 2.16. The highest BCUT2D eigenvalue weighted by Gasteiger charge is 2.31. The predicted molar refractivity (Wildman–Crippen MR) is 118 cm³/mol. The number of aromatic nitrogens is 1. The van der Waals surface area contributed by atoms with Crippen LogP contribution in [0.4, 0.5) is 0 Å². The van der Waals surface area contributed by atoms with Crippen molar-refractivity contribution < 1.29 is 14.3 Å². The van der Waals surface area contributed by atoms with Gasteiger partial charge < -0.3 is 14.5 Å². The Balaban J connectivity index is 1.62. The Morgan fingerprint density at radius 1 is 1.23 bits per heavy atom. The Morgan fingerprint density at radius 2 is 2.03 bits per heavy atom. The van der Waals surface area contributed by atoms with E-state index in [4.69, 9.17) is 4.74 Å². The van der Waals surface area contributed by atoms with Gasteiger partial charge in [0.2, 0.25) is 5.91 Å². The molecule has 0 N–H and O–H groups in total. The number of morpholine rings is 1. The lowest BCUT2D eigenvalue weighted by molar-refractivity contribution is -0.136. The first kappa shape index (κ1) is 20.5. The summed E-state index contributed by atoms with van der Waals surface area (Å²) in [4.78, 5) is 33.9. The number of hydrogen-bond donors (Lipinski definition) is 0. The monoisotopic (exact) mass is 423 g/mol. The van der Waals surface area contributed by atoms with Crippen molar-refractivity contribution in [1.82, 2.24) is 14.8 Å². The van der Waals surface area contributed by atoms with E-state index in [0.717, 1.165) is 21.3 Å². The zero-order chi connectivity index (χ0) is 21.1. The van der Waals surface area contributed by atoms with Crippen LogP contribution in [0.3, 0.4) is 0 Å². The van der Waals surface area contributed by atoms with Crippen molar-refractivity contribution >= 4 is 33.2 Å². The molecule has 2 amide bonds. The molecule has 1 aromatic carbocycles. The van der Waals surface area contributed by atoms with Gasteiger partial charge in [0, 0.05) is 55.6 Å². The van der Waals surface area contributed by atoms with Crippen LogP contribution in [0.1, 0.15) is 34.0 Å². The highest BCUT2D eigenvalue weighted by Crippen LogP contribution is 2.38. The van der Waals surface area contributed by atoms with E-state index in [0.29, 0.717) is 37.5 Å².